The molecule has 2 heteroatoms. The Kier molecular flexibility index (Phi) is 4.43. The molecule has 0 bridgehead atoms. The lowest BCUT2D eigenvalue weighted by atomic mass is 9.99. The normalized spacial score (nSPS) is 18.2. The van der Waals surface area contributed by atoms with Crippen molar-refractivity contribution in [2.75, 3.05) is 7.11 Å². The van der Waals surface area contributed by atoms with Gasteiger partial charge in [0, 0.05) is 12.6 Å². The summed E-state index contributed by atoms with van der Waals surface area (Å²) in [7, 11) is 1.70. The molecule has 1 N–H and O–H groups in total. The molecule has 0 spiro atoms. The van der Waals surface area contributed by atoms with Crippen LogP contribution in [0.5, 0.6) is 5.75 Å². The Balaban J connectivity index is 1.80. The highest BCUT2D eigenvalue weighted by molar-refractivity contribution is 5.27. The summed E-state index contributed by atoms with van der Waals surface area (Å²) in [6.07, 6.45) is 5.63. The summed E-state index contributed by atoms with van der Waals surface area (Å²) in [5.41, 5.74) is 1.33. The van der Waals surface area contributed by atoms with Crippen LogP contribution in [0.1, 0.15) is 38.2 Å². The second kappa shape index (κ2) is 6.06. The van der Waals surface area contributed by atoms with Crippen molar-refractivity contribution >= 4 is 0 Å². The molecule has 1 atom stereocenters. The quantitative estimate of drug-likeness (QED) is 0.842. The molecule has 1 aromatic carbocycles. The van der Waals surface area contributed by atoms with E-state index >= 15 is 0 Å². The fraction of sp³-hybridized carbons (Fsp3) is 0.600. The van der Waals surface area contributed by atoms with Gasteiger partial charge in [-0.2, -0.15) is 0 Å². The second-order valence-electron chi connectivity index (χ2n) is 5.06. The molecule has 1 fully saturated rings. The molecule has 0 radical (unpaired) electrons. The smallest absolute Gasteiger partial charge is 0.118 e. The minimum absolute atomic E-state index is 0.639. The fourth-order valence-electron chi connectivity index (χ4n) is 2.65. The van der Waals surface area contributed by atoms with Crippen molar-refractivity contribution in [3.8, 4) is 5.75 Å². The van der Waals surface area contributed by atoms with E-state index in [1.807, 2.05) is 12.1 Å². The minimum Gasteiger partial charge on any atom is -0.497 e. The number of ether oxygens (including phenoxy) is 1. The van der Waals surface area contributed by atoms with Gasteiger partial charge >= 0.3 is 0 Å². The third-order valence-corrected chi connectivity index (χ3v) is 3.89. The zero-order chi connectivity index (χ0) is 12.1. The first-order valence-electron chi connectivity index (χ1n) is 6.66. The average Bonchev–Trinajstić information content (AvgIpc) is 2.90. The van der Waals surface area contributed by atoms with Crippen molar-refractivity contribution in [2.24, 2.45) is 5.92 Å². The molecule has 2 rings (SSSR count). The Labute approximate surface area is 104 Å². The average molecular weight is 233 g/mol. The first kappa shape index (κ1) is 12.4. The van der Waals surface area contributed by atoms with Crippen LogP contribution in [0.15, 0.2) is 24.3 Å². The standard InChI is InChI=1S/C15H23NO/c1-12(14-5-3-4-6-14)16-11-13-7-9-15(17-2)10-8-13/h7-10,12,14,16H,3-6,11H2,1-2H3. The summed E-state index contributed by atoms with van der Waals surface area (Å²) in [6, 6.07) is 8.95. The van der Waals surface area contributed by atoms with Gasteiger partial charge in [0.15, 0.2) is 0 Å². The molecular formula is C15H23NO. The topological polar surface area (TPSA) is 21.3 Å². The Morgan fingerprint density at radius 2 is 1.88 bits per heavy atom. The van der Waals surface area contributed by atoms with Gasteiger partial charge in [-0.25, -0.2) is 0 Å². The molecule has 1 aromatic rings. The Hall–Kier alpha value is -1.02. The van der Waals surface area contributed by atoms with Crippen LogP contribution in [0.4, 0.5) is 0 Å². The number of nitrogens with one attached hydrogen (secondary N) is 1. The minimum atomic E-state index is 0.639. The van der Waals surface area contributed by atoms with Crippen LogP contribution in [-0.2, 0) is 6.54 Å². The van der Waals surface area contributed by atoms with Crippen molar-refractivity contribution in [3.63, 3.8) is 0 Å². The first-order valence-corrected chi connectivity index (χ1v) is 6.66. The van der Waals surface area contributed by atoms with Gasteiger partial charge in [0.1, 0.15) is 5.75 Å². The summed E-state index contributed by atoms with van der Waals surface area (Å²) in [6.45, 7) is 3.28. The van der Waals surface area contributed by atoms with Crippen LogP contribution in [0.2, 0.25) is 0 Å². The molecule has 0 aliphatic heterocycles. The van der Waals surface area contributed by atoms with Crippen LogP contribution in [-0.4, -0.2) is 13.2 Å². The van der Waals surface area contributed by atoms with Gasteiger partial charge in [-0.3, -0.25) is 0 Å². The number of hydrogen-bond acceptors (Lipinski definition) is 2. The molecular weight excluding hydrogens is 210 g/mol. The van der Waals surface area contributed by atoms with Crippen molar-refractivity contribution in [3.05, 3.63) is 29.8 Å². The molecule has 0 saturated heterocycles. The maximum Gasteiger partial charge on any atom is 0.118 e. The number of methoxy groups -OCH3 is 1. The van der Waals surface area contributed by atoms with Crippen LogP contribution in [0, 0.1) is 5.92 Å². The molecule has 0 amide bonds. The lowest BCUT2D eigenvalue weighted by molar-refractivity contribution is 0.380. The first-order chi connectivity index (χ1) is 8.29. The van der Waals surface area contributed by atoms with Gasteiger partial charge in [-0.15, -0.1) is 0 Å². The van der Waals surface area contributed by atoms with Crippen LogP contribution in [0.25, 0.3) is 0 Å². The number of benzene rings is 1. The van der Waals surface area contributed by atoms with Gasteiger partial charge in [0.2, 0.25) is 0 Å². The summed E-state index contributed by atoms with van der Waals surface area (Å²) < 4.78 is 5.16. The van der Waals surface area contributed by atoms with Gasteiger partial charge in [0.25, 0.3) is 0 Å². The maximum absolute atomic E-state index is 5.16. The van der Waals surface area contributed by atoms with E-state index in [0.717, 1.165) is 18.2 Å². The molecule has 0 heterocycles. The SMILES string of the molecule is COc1ccc(CNC(C)C2CCCC2)cc1. The molecule has 2 nitrogen and oxygen atoms in total. The highest BCUT2D eigenvalue weighted by atomic mass is 16.5. The highest BCUT2D eigenvalue weighted by Crippen LogP contribution is 2.27. The van der Waals surface area contributed by atoms with Crippen molar-refractivity contribution in [1.29, 1.82) is 0 Å². The molecule has 94 valence electrons. The third kappa shape index (κ3) is 3.47. The van der Waals surface area contributed by atoms with Crippen molar-refractivity contribution in [2.45, 2.75) is 45.2 Å². The Morgan fingerprint density at radius 1 is 1.24 bits per heavy atom. The molecule has 0 aromatic heterocycles. The van der Waals surface area contributed by atoms with E-state index in [0.29, 0.717) is 6.04 Å². The van der Waals surface area contributed by atoms with E-state index in [1.54, 1.807) is 7.11 Å². The molecule has 1 aliphatic rings. The molecule has 1 unspecified atom stereocenters. The van der Waals surface area contributed by atoms with Gasteiger partial charge in [-0.05, 0) is 43.4 Å². The second-order valence-corrected chi connectivity index (χ2v) is 5.06. The summed E-state index contributed by atoms with van der Waals surface area (Å²) in [5.74, 6) is 1.81. The largest absolute Gasteiger partial charge is 0.497 e. The molecule has 1 saturated carbocycles. The maximum atomic E-state index is 5.16. The van der Waals surface area contributed by atoms with E-state index in [1.165, 1.54) is 31.2 Å². The summed E-state index contributed by atoms with van der Waals surface area (Å²) in [5, 5.41) is 3.64. The van der Waals surface area contributed by atoms with Crippen LogP contribution >= 0.6 is 0 Å². The fourth-order valence-corrected chi connectivity index (χ4v) is 2.65. The van der Waals surface area contributed by atoms with Crippen LogP contribution in [0.3, 0.4) is 0 Å². The molecule has 1 aliphatic carbocycles. The van der Waals surface area contributed by atoms with Gasteiger partial charge in [-0.1, -0.05) is 25.0 Å². The summed E-state index contributed by atoms with van der Waals surface area (Å²) >= 11 is 0. The lowest BCUT2D eigenvalue weighted by Gasteiger charge is -2.20. The van der Waals surface area contributed by atoms with Crippen LogP contribution < -0.4 is 10.1 Å². The zero-order valence-electron chi connectivity index (χ0n) is 10.9. The van der Waals surface area contributed by atoms with E-state index in [2.05, 4.69) is 24.4 Å². The van der Waals surface area contributed by atoms with E-state index in [-0.39, 0.29) is 0 Å². The van der Waals surface area contributed by atoms with Crippen molar-refractivity contribution < 1.29 is 4.74 Å². The predicted molar refractivity (Wildman–Crippen MR) is 71.3 cm³/mol. The number of rotatable bonds is 5. The molecule has 17 heavy (non-hydrogen) atoms. The Morgan fingerprint density at radius 3 is 2.47 bits per heavy atom. The van der Waals surface area contributed by atoms with Crippen molar-refractivity contribution in [1.82, 2.24) is 5.32 Å². The monoisotopic (exact) mass is 233 g/mol. The van der Waals surface area contributed by atoms with E-state index < -0.39 is 0 Å². The predicted octanol–water partition coefficient (Wildman–Crippen LogP) is 3.36. The van der Waals surface area contributed by atoms with E-state index in [9.17, 15) is 0 Å². The summed E-state index contributed by atoms with van der Waals surface area (Å²) in [4.78, 5) is 0. The van der Waals surface area contributed by atoms with Gasteiger partial charge in [0.05, 0.1) is 7.11 Å². The van der Waals surface area contributed by atoms with Gasteiger partial charge < -0.3 is 10.1 Å². The zero-order valence-corrected chi connectivity index (χ0v) is 10.9. The lowest BCUT2D eigenvalue weighted by Crippen LogP contribution is -2.31. The van der Waals surface area contributed by atoms with E-state index in [4.69, 9.17) is 4.74 Å². The highest BCUT2D eigenvalue weighted by Gasteiger charge is 2.20. The third-order valence-electron chi connectivity index (χ3n) is 3.89. The number of hydrogen-bond donors (Lipinski definition) is 1. The Bertz CT molecular complexity index is 327.